The van der Waals surface area contributed by atoms with E-state index in [4.69, 9.17) is 26.9 Å². The van der Waals surface area contributed by atoms with E-state index in [0.29, 0.717) is 11.1 Å². The van der Waals surface area contributed by atoms with E-state index in [1.54, 1.807) is 0 Å². The van der Waals surface area contributed by atoms with Gasteiger partial charge < -0.3 is 25.2 Å². The number of hydrogen-bond donors (Lipinski definition) is 2. The van der Waals surface area contributed by atoms with Gasteiger partial charge in [-0.2, -0.15) is 9.97 Å². The molecule has 0 saturated carbocycles. The second-order valence-corrected chi connectivity index (χ2v) is 8.38. The highest BCUT2D eigenvalue weighted by Gasteiger charge is 2.20. The third-order valence-corrected chi connectivity index (χ3v) is 6.05. The van der Waals surface area contributed by atoms with Crippen molar-refractivity contribution in [3.8, 4) is 0 Å². The lowest BCUT2D eigenvalue weighted by molar-refractivity contribution is 0.114. The molecule has 3 fully saturated rings. The van der Waals surface area contributed by atoms with Crippen molar-refractivity contribution in [2.45, 2.75) is 57.5 Å². The van der Waals surface area contributed by atoms with Crippen LogP contribution in [0.5, 0.6) is 0 Å². The Bertz CT molecular complexity index is 618. The lowest BCUT2D eigenvalue weighted by Gasteiger charge is -2.31. The minimum absolute atomic E-state index is 0.254. The topological polar surface area (TPSA) is 65.6 Å². The van der Waals surface area contributed by atoms with Crippen molar-refractivity contribution in [3.63, 3.8) is 0 Å². The Morgan fingerprint density at radius 3 is 2.11 bits per heavy atom. The summed E-state index contributed by atoms with van der Waals surface area (Å²) in [6, 6.07) is 2.16. The lowest BCUT2D eigenvalue weighted by atomic mass is 10.1. The van der Waals surface area contributed by atoms with Crippen molar-refractivity contribution >= 4 is 34.9 Å². The quantitative estimate of drug-likeness (QED) is 0.727. The van der Waals surface area contributed by atoms with Crippen molar-refractivity contribution in [1.29, 1.82) is 0 Å². The third-order valence-electron chi connectivity index (χ3n) is 5.80. The van der Waals surface area contributed by atoms with E-state index in [0.717, 1.165) is 63.8 Å². The van der Waals surface area contributed by atoms with E-state index < -0.39 is 0 Å². The van der Waals surface area contributed by atoms with Gasteiger partial charge in [0.2, 0.25) is 5.95 Å². The molecule has 28 heavy (non-hydrogen) atoms. The second kappa shape index (κ2) is 9.69. The summed E-state index contributed by atoms with van der Waals surface area (Å²) < 4.78 is 5.66. The Morgan fingerprint density at radius 2 is 1.57 bits per heavy atom. The zero-order chi connectivity index (χ0) is 19.2. The van der Waals surface area contributed by atoms with Gasteiger partial charge in [0.15, 0.2) is 5.11 Å². The zero-order valence-corrected chi connectivity index (χ0v) is 17.5. The molecule has 7 nitrogen and oxygen atoms in total. The maximum absolute atomic E-state index is 5.66. The first-order valence-corrected chi connectivity index (χ1v) is 11.2. The molecule has 2 N–H and O–H groups in total. The Kier molecular flexibility index (Phi) is 6.80. The van der Waals surface area contributed by atoms with Crippen molar-refractivity contribution in [2.24, 2.45) is 0 Å². The fraction of sp³-hybridized carbons (Fsp3) is 0.750. The fourth-order valence-corrected chi connectivity index (χ4v) is 4.38. The largest absolute Gasteiger partial charge is 0.376 e. The first kappa shape index (κ1) is 19.6. The highest BCUT2D eigenvalue weighted by atomic mass is 32.1. The molecule has 1 atom stereocenters. The summed E-state index contributed by atoms with van der Waals surface area (Å²) in [5.41, 5.74) is 0. The summed E-state index contributed by atoms with van der Waals surface area (Å²) in [5.74, 6) is 2.62. The summed E-state index contributed by atoms with van der Waals surface area (Å²) in [5, 5.41) is 7.04. The van der Waals surface area contributed by atoms with Crippen LogP contribution in [0.1, 0.15) is 51.4 Å². The summed E-state index contributed by atoms with van der Waals surface area (Å²) in [6.45, 7) is 5.85. The molecule has 4 heterocycles. The SMILES string of the molecule is S=C(NCC1CCCO1)Nc1nc(N2CCCCC2)cc(N2CCCCC2)n1. The number of nitrogens with one attached hydrogen (secondary N) is 2. The molecule has 1 unspecified atom stereocenters. The van der Waals surface area contributed by atoms with Gasteiger partial charge in [0, 0.05) is 45.4 Å². The second-order valence-electron chi connectivity index (χ2n) is 7.97. The van der Waals surface area contributed by atoms with Crippen LogP contribution in [0.3, 0.4) is 0 Å². The molecule has 154 valence electrons. The van der Waals surface area contributed by atoms with E-state index in [1.807, 2.05) is 0 Å². The molecule has 0 amide bonds. The van der Waals surface area contributed by atoms with Crippen LogP contribution in [0.25, 0.3) is 0 Å². The van der Waals surface area contributed by atoms with E-state index in [2.05, 4.69) is 26.5 Å². The number of ether oxygens (including phenoxy) is 1. The number of nitrogens with zero attached hydrogens (tertiary/aromatic N) is 4. The van der Waals surface area contributed by atoms with E-state index in [1.165, 1.54) is 38.5 Å². The molecular formula is C20H32N6OS. The molecule has 0 spiro atoms. The van der Waals surface area contributed by atoms with E-state index in [-0.39, 0.29) is 6.10 Å². The van der Waals surface area contributed by atoms with Crippen LogP contribution in [0.4, 0.5) is 17.6 Å². The molecule has 0 radical (unpaired) electrons. The molecule has 4 rings (SSSR count). The van der Waals surface area contributed by atoms with Crippen LogP contribution >= 0.6 is 12.2 Å². The van der Waals surface area contributed by atoms with Crippen molar-refractivity contribution in [1.82, 2.24) is 15.3 Å². The predicted octanol–water partition coefficient (Wildman–Crippen LogP) is 2.92. The molecule has 1 aromatic heterocycles. The first-order chi connectivity index (χ1) is 13.8. The fourth-order valence-electron chi connectivity index (χ4n) is 4.21. The summed E-state index contributed by atoms with van der Waals surface area (Å²) in [6.07, 6.45) is 10.0. The normalized spacial score (nSPS) is 22.9. The monoisotopic (exact) mass is 404 g/mol. The Morgan fingerprint density at radius 1 is 0.964 bits per heavy atom. The van der Waals surface area contributed by atoms with Gasteiger partial charge in [-0.05, 0) is 63.6 Å². The van der Waals surface area contributed by atoms with Gasteiger partial charge in [-0.1, -0.05) is 0 Å². The van der Waals surface area contributed by atoms with Crippen LogP contribution < -0.4 is 20.4 Å². The van der Waals surface area contributed by atoms with Gasteiger partial charge in [0.25, 0.3) is 0 Å². The van der Waals surface area contributed by atoms with E-state index >= 15 is 0 Å². The molecule has 1 aromatic rings. The molecule has 0 aliphatic carbocycles. The molecule has 3 aliphatic heterocycles. The standard InChI is InChI=1S/C20H32N6OS/c28-20(21-15-16-8-7-13-27-16)24-19-22-17(25-9-3-1-4-10-25)14-18(23-19)26-11-5-2-6-12-26/h14,16H,1-13,15H2,(H2,21,22,23,24,28). The zero-order valence-electron chi connectivity index (χ0n) is 16.7. The van der Waals surface area contributed by atoms with Crippen molar-refractivity contribution in [2.75, 3.05) is 54.4 Å². The molecule has 8 heteroatoms. The minimum atomic E-state index is 0.254. The van der Waals surface area contributed by atoms with Crippen LogP contribution in [0.2, 0.25) is 0 Å². The van der Waals surface area contributed by atoms with Gasteiger partial charge in [0.1, 0.15) is 11.6 Å². The third kappa shape index (κ3) is 5.23. The summed E-state index contributed by atoms with van der Waals surface area (Å²) >= 11 is 5.49. The highest BCUT2D eigenvalue weighted by molar-refractivity contribution is 7.80. The van der Waals surface area contributed by atoms with Gasteiger partial charge in [0.05, 0.1) is 6.10 Å². The van der Waals surface area contributed by atoms with Crippen LogP contribution in [0, 0.1) is 0 Å². The van der Waals surface area contributed by atoms with Gasteiger partial charge in [-0.3, -0.25) is 0 Å². The van der Waals surface area contributed by atoms with Gasteiger partial charge in [-0.25, -0.2) is 0 Å². The number of piperidine rings is 2. The maximum atomic E-state index is 5.66. The van der Waals surface area contributed by atoms with E-state index in [9.17, 15) is 0 Å². The van der Waals surface area contributed by atoms with Gasteiger partial charge >= 0.3 is 0 Å². The number of hydrogen-bond acceptors (Lipinski definition) is 6. The smallest absolute Gasteiger partial charge is 0.232 e. The molecule has 3 aliphatic rings. The van der Waals surface area contributed by atoms with Crippen LogP contribution in [-0.2, 0) is 4.74 Å². The molecule has 3 saturated heterocycles. The average Bonchev–Trinajstić information content (AvgIpc) is 3.27. The summed E-state index contributed by atoms with van der Waals surface area (Å²) in [4.78, 5) is 14.3. The molecule has 0 bridgehead atoms. The number of thiocarbonyl (C=S) groups is 1. The predicted molar refractivity (Wildman–Crippen MR) is 117 cm³/mol. The number of rotatable bonds is 5. The van der Waals surface area contributed by atoms with Crippen LogP contribution in [0.15, 0.2) is 6.07 Å². The lowest BCUT2D eigenvalue weighted by Crippen LogP contribution is -2.36. The average molecular weight is 405 g/mol. The van der Waals surface area contributed by atoms with Crippen molar-refractivity contribution < 1.29 is 4.74 Å². The Balaban J connectivity index is 1.46. The number of aromatic nitrogens is 2. The Labute approximate surface area is 173 Å². The Hall–Kier alpha value is -1.67. The number of anilines is 3. The summed E-state index contributed by atoms with van der Waals surface area (Å²) in [7, 11) is 0. The maximum Gasteiger partial charge on any atom is 0.232 e. The highest BCUT2D eigenvalue weighted by Crippen LogP contribution is 2.26. The molecular weight excluding hydrogens is 372 g/mol. The first-order valence-electron chi connectivity index (χ1n) is 10.8. The molecule has 0 aromatic carbocycles. The minimum Gasteiger partial charge on any atom is -0.376 e. The van der Waals surface area contributed by atoms with Crippen molar-refractivity contribution in [3.05, 3.63) is 6.07 Å². The van der Waals surface area contributed by atoms with Gasteiger partial charge in [-0.15, -0.1) is 0 Å². The van der Waals surface area contributed by atoms with Crippen LogP contribution in [-0.4, -0.2) is 60.5 Å².